The van der Waals surface area contributed by atoms with Gasteiger partial charge in [-0.2, -0.15) is 11.3 Å². The van der Waals surface area contributed by atoms with Crippen molar-refractivity contribution < 1.29 is 0 Å². The molecule has 15 heavy (non-hydrogen) atoms. The molecule has 0 bridgehead atoms. The molecule has 0 aliphatic heterocycles. The average Bonchev–Trinajstić information content (AvgIpc) is 2.84. The molecule has 1 nitrogen and oxygen atoms in total. The quantitative estimate of drug-likeness (QED) is 0.710. The van der Waals surface area contributed by atoms with Gasteiger partial charge in [-0.3, -0.25) is 4.90 Å². The van der Waals surface area contributed by atoms with Gasteiger partial charge >= 0.3 is 0 Å². The Morgan fingerprint density at radius 1 is 1.33 bits per heavy atom. The summed E-state index contributed by atoms with van der Waals surface area (Å²) in [7, 11) is 0. The third-order valence-electron chi connectivity index (χ3n) is 3.22. The van der Waals surface area contributed by atoms with E-state index in [2.05, 4.69) is 35.6 Å². The highest BCUT2D eigenvalue weighted by Gasteiger charge is 2.41. The van der Waals surface area contributed by atoms with Crippen LogP contribution in [0, 0.1) is 0 Å². The molecule has 1 aromatic rings. The summed E-state index contributed by atoms with van der Waals surface area (Å²) in [5.41, 5.74) is 1.57. The van der Waals surface area contributed by atoms with Gasteiger partial charge in [0.25, 0.3) is 0 Å². The van der Waals surface area contributed by atoms with E-state index in [4.69, 9.17) is 0 Å². The first-order valence-corrected chi connectivity index (χ1v) is 7.07. The normalized spacial score (nSPS) is 24.7. The van der Waals surface area contributed by atoms with Gasteiger partial charge in [0.15, 0.2) is 0 Å². The summed E-state index contributed by atoms with van der Waals surface area (Å²) in [6.45, 7) is 7.12. The lowest BCUT2D eigenvalue weighted by Gasteiger charge is -2.21. The van der Waals surface area contributed by atoms with E-state index < -0.39 is 0 Å². The number of hydrogen-bond donors (Lipinski definition) is 0. The van der Waals surface area contributed by atoms with Crippen LogP contribution < -0.4 is 0 Å². The van der Waals surface area contributed by atoms with E-state index in [-0.39, 0.29) is 0 Å². The van der Waals surface area contributed by atoms with E-state index in [1.54, 1.807) is 5.56 Å². The lowest BCUT2D eigenvalue weighted by Crippen LogP contribution is -2.28. The molecule has 1 aliphatic rings. The van der Waals surface area contributed by atoms with E-state index in [0.29, 0.717) is 0 Å². The maximum absolute atomic E-state index is 2.68. The topological polar surface area (TPSA) is 3.24 Å². The van der Waals surface area contributed by atoms with E-state index in [0.717, 1.165) is 12.0 Å². The Labute approximate surface area is 97.1 Å². The fourth-order valence-electron chi connectivity index (χ4n) is 2.45. The van der Waals surface area contributed by atoms with Gasteiger partial charge in [-0.1, -0.05) is 13.8 Å². The number of thiophene rings is 1. The maximum Gasteiger partial charge on any atom is 0.0171 e. The van der Waals surface area contributed by atoms with Crippen molar-refractivity contribution in [2.45, 2.75) is 45.1 Å². The second-order valence-electron chi connectivity index (χ2n) is 4.50. The van der Waals surface area contributed by atoms with Gasteiger partial charge in [-0.05, 0) is 54.7 Å². The minimum Gasteiger partial charge on any atom is -0.300 e. The van der Waals surface area contributed by atoms with Crippen molar-refractivity contribution in [3.8, 4) is 0 Å². The smallest absolute Gasteiger partial charge is 0.0171 e. The predicted molar refractivity (Wildman–Crippen MR) is 67.6 cm³/mol. The van der Waals surface area contributed by atoms with E-state index in [9.17, 15) is 0 Å². The van der Waals surface area contributed by atoms with Crippen molar-refractivity contribution in [3.63, 3.8) is 0 Å². The summed E-state index contributed by atoms with van der Waals surface area (Å²) < 4.78 is 0. The molecule has 2 atom stereocenters. The van der Waals surface area contributed by atoms with Gasteiger partial charge in [-0.25, -0.2) is 0 Å². The van der Waals surface area contributed by atoms with Gasteiger partial charge in [-0.15, -0.1) is 0 Å². The van der Waals surface area contributed by atoms with Crippen LogP contribution in [0.15, 0.2) is 16.8 Å². The highest BCUT2D eigenvalue weighted by Crippen LogP contribution is 2.45. The Hall–Kier alpha value is -0.340. The molecule has 1 heterocycles. The van der Waals surface area contributed by atoms with Crippen molar-refractivity contribution in [2.24, 2.45) is 0 Å². The maximum atomic E-state index is 2.68. The molecule has 0 N–H and O–H groups in total. The van der Waals surface area contributed by atoms with E-state index in [1.165, 1.54) is 32.4 Å². The van der Waals surface area contributed by atoms with Crippen molar-refractivity contribution in [1.29, 1.82) is 0 Å². The van der Waals surface area contributed by atoms with Crippen molar-refractivity contribution in [2.75, 3.05) is 13.1 Å². The molecule has 2 rings (SSSR count). The molecule has 0 spiro atoms. The Bertz CT molecular complexity index is 275. The second kappa shape index (κ2) is 5.13. The van der Waals surface area contributed by atoms with Crippen LogP contribution in [0.25, 0.3) is 0 Å². The van der Waals surface area contributed by atoms with Crippen molar-refractivity contribution >= 4 is 11.3 Å². The first-order valence-electron chi connectivity index (χ1n) is 6.13. The van der Waals surface area contributed by atoms with E-state index in [1.807, 2.05) is 11.3 Å². The Morgan fingerprint density at radius 2 is 2.07 bits per heavy atom. The molecule has 84 valence electrons. The zero-order valence-corrected chi connectivity index (χ0v) is 10.6. The van der Waals surface area contributed by atoms with Gasteiger partial charge in [0.05, 0.1) is 0 Å². The first kappa shape index (κ1) is 11.2. The fraction of sp³-hybridized carbons (Fsp3) is 0.692. The largest absolute Gasteiger partial charge is 0.300 e. The van der Waals surface area contributed by atoms with Crippen LogP contribution >= 0.6 is 11.3 Å². The van der Waals surface area contributed by atoms with Crippen LogP contribution in [0.3, 0.4) is 0 Å². The molecule has 1 fully saturated rings. The minimum absolute atomic E-state index is 0.842. The van der Waals surface area contributed by atoms with Gasteiger partial charge in [0, 0.05) is 12.0 Å². The van der Waals surface area contributed by atoms with Crippen LogP contribution in [0.2, 0.25) is 0 Å². The third kappa shape index (κ3) is 2.61. The monoisotopic (exact) mass is 223 g/mol. The summed E-state index contributed by atoms with van der Waals surface area (Å²) in [6.07, 6.45) is 3.95. The Morgan fingerprint density at radius 3 is 2.60 bits per heavy atom. The fourth-order valence-corrected chi connectivity index (χ4v) is 3.17. The highest BCUT2D eigenvalue weighted by atomic mass is 32.1. The molecule has 1 aromatic heterocycles. The molecular formula is C13H21NS. The third-order valence-corrected chi connectivity index (χ3v) is 3.92. The number of rotatable bonds is 6. The van der Waals surface area contributed by atoms with Crippen LogP contribution in [0.1, 0.15) is 44.6 Å². The summed E-state index contributed by atoms with van der Waals surface area (Å²) in [5, 5.41) is 4.52. The van der Waals surface area contributed by atoms with E-state index >= 15 is 0 Å². The standard InChI is InChI=1S/C13H21NS/c1-3-6-14(7-4-2)13-9-12(13)11-5-8-15-10-11/h5,8,10,12-13H,3-4,6-7,9H2,1-2H3/t12-,13+/m1/s1. The average molecular weight is 223 g/mol. The predicted octanol–water partition coefficient (Wildman–Crippen LogP) is 3.73. The SMILES string of the molecule is CCCN(CCC)[C@H]1C[C@@H]1c1ccsc1. The summed E-state index contributed by atoms with van der Waals surface area (Å²) in [4.78, 5) is 2.68. The van der Waals surface area contributed by atoms with Crippen LogP contribution in [-0.4, -0.2) is 24.0 Å². The molecular weight excluding hydrogens is 202 g/mol. The van der Waals surface area contributed by atoms with Gasteiger partial charge < -0.3 is 0 Å². The van der Waals surface area contributed by atoms with Crippen LogP contribution in [0.5, 0.6) is 0 Å². The van der Waals surface area contributed by atoms with Crippen LogP contribution in [0.4, 0.5) is 0 Å². The molecule has 0 aromatic carbocycles. The Balaban J connectivity index is 1.90. The highest BCUT2D eigenvalue weighted by molar-refractivity contribution is 7.08. The van der Waals surface area contributed by atoms with Crippen molar-refractivity contribution in [3.05, 3.63) is 22.4 Å². The van der Waals surface area contributed by atoms with Gasteiger partial charge in [0.1, 0.15) is 0 Å². The first-order chi connectivity index (χ1) is 7.36. The summed E-state index contributed by atoms with van der Waals surface area (Å²) in [6, 6.07) is 3.14. The molecule has 1 saturated carbocycles. The molecule has 0 radical (unpaired) electrons. The Kier molecular flexibility index (Phi) is 3.81. The molecule has 1 aliphatic carbocycles. The van der Waals surface area contributed by atoms with Crippen LogP contribution in [-0.2, 0) is 0 Å². The minimum atomic E-state index is 0.842. The lowest BCUT2D eigenvalue weighted by atomic mass is 10.2. The zero-order valence-electron chi connectivity index (χ0n) is 9.78. The van der Waals surface area contributed by atoms with Gasteiger partial charge in [0.2, 0.25) is 0 Å². The molecule has 0 unspecified atom stereocenters. The lowest BCUT2D eigenvalue weighted by molar-refractivity contribution is 0.260. The number of hydrogen-bond acceptors (Lipinski definition) is 2. The molecule has 2 heteroatoms. The zero-order chi connectivity index (χ0) is 10.7. The number of nitrogens with zero attached hydrogens (tertiary/aromatic N) is 1. The second-order valence-corrected chi connectivity index (χ2v) is 5.28. The molecule has 0 saturated heterocycles. The van der Waals surface area contributed by atoms with Crippen molar-refractivity contribution in [1.82, 2.24) is 4.90 Å². The molecule has 0 amide bonds. The summed E-state index contributed by atoms with van der Waals surface area (Å²) >= 11 is 1.83. The summed E-state index contributed by atoms with van der Waals surface area (Å²) in [5.74, 6) is 0.842.